The largest absolute Gasteiger partial charge is 0.493 e. The Bertz CT molecular complexity index is 617. The molecule has 0 bridgehead atoms. The van der Waals surface area contributed by atoms with E-state index in [1.807, 2.05) is 29.1 Å². The lowest BCUT2D eigenvalue weighted by Gasteiger charge is -2.27. The van der Waals surface area contributed by atoms with E-state index in [1.165, 1.54) is 0 Å². The van der Waals surface area contributed by atoms with E-state index in [0.717, 1.165) is 47.5 Å². The molecular weight excluding hydrogens is 340 g/mol. The molecule has 0 amide bonds. The summed E-state index contributed by atoms with van der Waals surface area (Å²) in [5.74, 6) is 0.950. The lowest BCUT2D eigenvalue weighted by Crippen LogP contribution is -2.23. The normalized spacial score (nSPS) is 11.7. The first-order valence-corrected chi connectivity index (χ1v) is 8.66. The van der Waals surface area contributed by atoms with Gasteiger partial charge in [-0.3, -0.25) is 4.68 Å². The van der Waals surface area contributed by atoms with E-state index < -0.39 is 0 Å². The van der Waals surface area contributed by atoms with E-state index >= 15 is 0 Å². The SMILES string of the molecule is CCC(C)(CC)COc1ccc(Br)cc1Cn1nccc1C. The minimum absolute atomic E-state index is 0.228. The highest BCUT2D eigenvalue weighted by Gasteiger charge is 2.21. The lowest BCUT2D eigenvalue weighted by molar-refractivity contribution is 0.150. The highest BCUT2D eigenvalue weighted by Crippen LogP contribution is 2.29. The molecule has 1 aromatic heterocycles. The topological polar surface area (TPSA) is 27.1 Å². The zero-order valence-corrected chi connectivity index (χ0v) is 15.5. The van der Waals surface area contributed by atoms with Gasteiger partial charge >= 0.3 is 0 Å². The van der Waals surface area contributed by atoms with Gasteiger partial charge < -0.3 is 4.74 Å². The predicted molar refractivity (Wildman–Crippen MR) is 94.4 cm³/mol. The average Bonchev–Trinajstić information content (AvgIpc) is 2.91. The number of hydrogen-bond acceptors (Lipinski definition) is 2. The number of aromatic nitrogens is 2. The average molecular weight is 365 g/mol. The van der Waals surface area contributed by atoms with Crippen molar-refractivity contribution < 1.29 is 4.74 Å². The minimum Gasteiger partial charge on any atom is -0.493 e. The van der Waals surface area contributed by atoms with Crippen LogP contribution in [0.15, 0.2) is 34.9 Å². The van der Waals surface area contributed by atoms with Gasteiger partial charge in [-0.2, -0.15) is 5.10 Å². The molecule has 0 aliphatic heterocycles. The Hall–Kier alpha value is -1.29. The molecule has 0 radical (unpaired) electrons. The van der Waals surface area contributed by atoms with Crippen LogP contribution in [0, 0.1) is 12.3 Å². The molecule has 0 N–H and O–H groups in total. The van der Waals surface area contributed by atoms with Crippen molar-refractivity contribution in [3.8, 4) is 5.75 Å². The van der Waals surface area contributed by atoms with Crippen LogP contribution in [-0.4, -0.2) is 16.4 Å². The van der Waals surface area contributed by atoms with Crippen molar-refractivity contribution in [2.24, 2.45) is 5.41 Å². The molecule has 0 atom stereocenters. The monoisotopic (exact) mass is 364 g/mol. The number of hydrogen-bond donors (Lipinski definition) is 0. The summed E-state index contributed by atoms with van der Waals surface area (Å²) in [5, 5.41) is 4.37. The van der Waals surface area contributed by atoms with Crippen molar-refractivity contribution in [3.63, 3.8) is 0 Å². The Balaban J connectivity index is 2.19. The second kappa shape index (κ2) is 7.32. The number of ether oxygens (including phenoxy) is 1. The molecule has 0 unspecified atom stereocenters. The van der Waals surface area contributed by atoms with Gasteiger partial charge in [-0.05, 0) is 44.0 Å². The van der Waals surface area contributed by atoms with Crippen molar-refractivity contribution in [1.29, 1.82) is 0 Å². The molecule has 0 spiro atoms. The van der Waals surface area contributed by atoms with Gasteiger partial charge in [-0.1, -0.05) is 36.7 Å². The van der Waals surface area contributed by atoms with E-state index in [-0.39, 0.29) is 5.41 Å². The molecule has 22 heavy (non-hydrogen) atoms. The van der Waals surface area contributed by atoms with E-state index in [2.05, 4.69) is 54.8 Å². The first-order chi connectivity index (χ1) is 10.5. The first kappa shape index (κ1) is 17.1. The van der Waals surface area contributed by atoms with Crippen LogP contribution in [0.5, 0.6) is 5.75 Å². The lowest BCUT2D eigenvalue weighted by atomic mass is 9.86. The standard InChI is InChI=1S/C18H25BrN2O/c1-5-18(4,6-2)13-22-17-8-7-16(19)11-15(17)12-21-14(3)9-10-20-21/h7-11H,5-6,12-13H2,1-4H3. The van der Waals surface area contributed by atoms with Crippen LogP contribution in [0.2, 0.25) is 0 Å². The summed E-state index contributed by atoms with van der Waals surface area (Å²) in [7, 11) is 0. The van der Waals surface area contributed by atoms with Crippen LogP contribution in [-0.2, 0) is 6.54 Å². The van der Waals surface area contributed by atoms with Gasteiger partial charge in [0, 0.05) is 27.3 Å². The summed E-state index contributed by atoms with van der Waals surface area (Å²) in [5.41, 5.74) is 2.53. The van der Waals surface area contributed by atoms with Gasteiger partial charge in [0.05, 0.1) is 13.2 Å². The van der Waals surface area contributed by atoms with Crippen LogP contribution < -0.4 is 4.74 Å². The maximum atomic E-state index is 6.17. The first-order valence-electron chi connectivity index (χ1n) is 7.87. The molecular formula is C18H25BrN2O. The summed E-state index contributed by atoms with van der Waals surface area (Å²) in [6.45, 7) is 10.3. The van der Waals surface area contributed by atoms with Gasteiger partial charge in [0.2, 0.25) is 0 Å². The number of benzene rings is 1. The number of nitrogens with zero attached hydrogens (tertiary/aromatic N) is 2. The van der Waals surface area contributed by atoms with Crippen LogP contribution in [0.25, 0.3) is 0 Å². The van der Waals surface area contributed by atoms with Crippen molar-refractivity contribution in [3.05, 3.63) is 46.2 Å². The van der Waals surface area contributed by atoms with Crippen molar-refractivity contribution in [2.45, 2.75) is 47.1 Å². The Labute approximate surface area is 141 Å². The van der Waals surface area contributed by atoms with Gasteiger partial charge in [0.25, 0.3) is 0 Å². The van der Waals surface area contributed by atoms with Crippen molar-refractivity contribution in [2.75, 3.05) is 6.61 Å². The van der Waals surface area contributed by atoms with Crippen LogP contribution in [0.4, 0.5) is 0 Å². The van der Waals surface area contributed by atoms with Gasteiger partial charge in [0.15, 0.2) is 0 Å². The van der Waals surface area contributed by atoms with E-state index in [0.29, 0.717) is 0 Å². The molecule has 3 nitrogen and oxygen atoms in total. The third-order valence-electron chi connectivity index (χ3n) is 4.55. The molecule has 4 heteroatoms. The zero-order chi connectivity index (χ0) is 16.2. The summed E-state index contributed by atoms with van der Waals surface area (Å²) < 4.78 is 9.22. The maximum Gasteiger partial charge on any atom is 0.124 e. The smallest absolute Gasteiger partial charge is 0.124 e. The molecule has 120 valence electrons. The number of halogens is 1. The van der Waals surface area contributed by atoms with Crippen LogP contribution >= 0.6 is 15.9 Å². The second-order valence-corrected chi connectivity index (χ2v) is 7.10. The molecule has 0 fully saturated rings. The number of rotatable bonds is 7. The fourth-order valence-corrected chi connectivity index (χ4v) is 2.65. The highest BCUT2D eigenvalue weighted by atomic mass is 79.9. The minimum atomic E-state index is 0.228. The Morgan fingerprint density at radius 1 is 1.23 bits per heavy atom. The summed E-state index contributed by atoms with van der Waals surface area (Å²) in [4.78, 5) is 0. The molecule has 0 aliphatic rings. The van der Waals surface area contributed by atoms with Crippen molar-refractivity contribution >= 4 is 15.9 Å². The fraction of sp³-hybridized carbons (Fsp3) is 0.500. The zero-order valence-electron chi connectivity index (χ0n) is 13.9. The van der Waals surface area contributed by atoms with E-state index in [1.54, 1.807) is 0 Å². The Morgan fingerprint density at radius 2 is 1.95 bits per heavy atom. The number of aryl methyl sites for hydroxylation is 1. The van der Waals surface area contributed by atoms with Crippen molar-refractivity contribution in [1.82, 2.24) is 9.78 Å². The van der Waals surface area contributed by atoms with E-state index in [4.69, 9.17) is 4.74 Å². The van der Waals surface area contributed by atoms with Gasteiger partial charge in [-0.25, -0.2) is 0 Å². The third-order valence-corrected chi connectivity index (χ3v) is 5.05. The maximum absolute atomic E-state index is 6.17. The quantitative estimate of drug-likeness (QED) is 0.674. The second-order valence-electron chi connectivity index (χ2n) is 6.19. The highest BCUT2D eigenvalue weighted by molar-refractivity contribution is 9.10. The fourth-order valence-electron chi connectivity index (χ4n) is 2.24. The van der Waals surface area contributed by atoms with E-state index in [9.17, 15) is 0 Å². The van der Waals surface area contributed by atoms with Crippen LogP contribution in [0.3, 0.4) is 0 Å². The summed E-state index contributed by atoms with van der Waals surface area (Å²) >= 11 is 3.55. The Morgan fingerprint density at radius 3 is 2.55 bits per heavy atom. The van der Waals surface area contributed by atoms with Gasteiger partial charge in [0.1, 0.15) is 5.75 Å². The molecule has 0 aliphatic carbocycles. The molecule has 2 aromatic rings. The third kappa shape index (κ3) is 4.13. The summed E-state index contributed by atoms with van der Waals surface area (Å²) in [6, 6.07) is 8.21. The predicted octanol–water partition coefficient (Wildman–Crippen LogP) is 5.21. The Kier molecular flexibility index (Phi) is 5.68. The molecule has 1 aromatic carbocycles. The molecule has 2 rings (SSSR count). The van der Waals surface area contributed by atoms with Crippen LogP contribution in [0.1, 0.15) is 44.9 Å². The molecule has 1 heterocycles. The molecule has 0 saturated heterocycles. The molecule has 0 saturated carbocycles. The summed E-state index contributed by atoms with van der Waals surface area (Å²) in [6.07, 6.45) is 4.07. The van der Waals surface area contributed by atoms with Gasteiger partial charge in [-0.15, -0.1) is 0 Å².